The van der Waals surface area contributed by atoms with E-state index in [4.69, 9.17) is 13.9 Å². The van der Waals surface area contributed by atoms with Crippen molar-refractivity contribution < 1.29 is 18.7 Å². The summed E-state index contributed by atoms with van der Waals surface area (Å²) >= 11 is 0. The van der Waals surface area contributed by atoms with E-state index in [1.807, 2.05) is 41.3 Å². The first-order valence-electron chi connectivity index (χ1n) is 10.8. The largest absolute Gasteiger partial charge is 0.493 e. The van der Waals surface area contributed by atoms with Crippen LogP contribution in [-0.2, 0) is 13.1 Å². The number of methoxy groups -OCH3 is 2. The zero-order valence-electron chi connectivity index (χ0n) is 18.6. The molecule has 0 aliphatic carbocycles. The van der Waals surface area contributed by atoms with Crippen molar-refractivity contribution in [3.63, 3.8) is 0 Å². The molecule has 10 nitrogen and oxygen atoms in total. The van der Waals surface area contributed by atoms with Crippen LogP contribution in [0.1, 0.15) is 21.8 Å². The maximum absolute atomic E-state index is 12.9. The fourth-order valence-corrected chi connectivity index (χ4v) is 4.23. The third kappa shape index (κ3) is 4.17. The average Bonchev–Trinajstić information content (AvgIpc) is 3.51. The second-order valence-corrected chi connectivity index (χ2v) is 7.93. The number of hydrogen-bond acceptors (Lipinski definition) is 9. The lowest BCUT2D eigenvalue weighted by Gasteiger charge is -2.31. The molecule has 5 rings (SSSR count). The zero-order chi connectivity index (χ0) is 22.8. The highest BCUT2D eigenvalue weighted by Gasteiger charge is 2.27. The maximum Gasteiger partial charge on any atom is 0.319 e. The summed E-state index contributed by atoms with van der Waals surface area (Å²) in [5, 5.41) is 14.4. The molecule has 0 saturated carbocycles. The van der Waals surface area contributed by atoms with Crippen LogP contribution in [0.15, 0.2) is 40.8 Å². The molecule has 2 N–H and O–H groups in total. The molecule has 0 atom stereocenters. The lowest BCUT2D eigenvalue weighted by molar-refractivity contribution is 0.0990. The van der Waals surface area contributed by atoms with Gasteiger partial charge in [-0.15, -0.1) is 5.10 Å². The average molecular weight is 450 g/mol. The molecule has 3 aromatic rings. The van der Waals surface area contributed by atoms with Crippen molar-refractivity contribution in [2.24, 2.45) is 0 Å². The number of anilines is 3. The highest BCUT2D eigenvalue weighted by Crippen LogP contribution is 2.36. The van der Waals surface area contributed by atoms with Gasteiger partial charge in [0.1, 0.15) is 0 Å². The number of nitrogens with zero attached hydrogens (tertiary/aromatic N) is 4. The summed E-state index contributed by atoms with van der Waals surface area (Å²) in [7, 11) is 3.22. The molecular weight excluding hydrogens is 424 g/mol. The van der Waals surface area contributed by atoms with E-state index in [0.29, 0.717) is 30.6 Å². The van der Waals surface area contributed by atoms with Gasteiger partial charge in [0.05, 0.1) is 25.6 Å². The first-order chi connectivity index (χ1) is 16.2. The predicted molar refractivity (Wildman–Crippen MR) is 123 cm³/mol. The van der Waals surface area contributed by atoms with Crippen molar-refractivity contribution in [3.05, 3.63) is 53.4 Å². The Morgan fingerprint density at radius 3 is 2.33 bits per heavy atom. The quantitative estimate of drug-likeness (QED) is 0.585. The van der Waals surface area contributed by atoms with Gasteiger partial charge in [0.2, 0.25) is 0 Å². The molecule has 2 aromatic carbocycles. The van der Waals surface area contributed by atoms with Crippen LogP contribution in [0, 0.1) is 0 Å². The Labute approximate surface area is 191 Å². The number of nitrogens with one attached hydrogen (secondary N) is 2. The zero-order valence-corrected chi connectivity index (χ0v) is 18.6. The van der Waals surface area contributed by atoms with Gasteiger partial charge < -0.3 is 34.3 Å². The summed E-state index contributed by atoms with van der Waals surface area (Å²) < 4.78 is 16.5. The number of carbonyl (C=O) groups excluding carboxylic acids is 1. The standard InChI is InChI=1S/C23H26N6O4/c1-31-19-11-15-13-29(14-16(15)12-20(19)32-2)23-27-26-22(33-23)21(30)25-17-5-3-4-6-18(17)28-9-7-24-8-10-28/h3-6,11-12,24H,7-10,13-14H2,1-2H3,(H,25,30). The molecule has 0 radical (unpaired) electrons. The molecule has 2 aliphatic heterocycles. The summed E-state index contributed by atoms with van der Waals surface area (Å²) in [6.07, 6.45) is 0. The van der Waals surface area contributed by atoms with Crippen LogP contribution in [0.3, 0.4) is 0 Å². The van der Waals surface area contributed by atoms with Crippen molar-refractivity contribution >= 4 is 23.3 Å². The van der Waals surface area contributed by atoms with Crippen LogP contribution in [0.5, 0.6) is 11.5 Å². The van der Waals surface area contributed by atoms with Gasteiger partial charge in [-0.25, -0.2) is 0 Å². The third-order valence-corrected chi connectivity index (χ3v) is 5.92. The van der Waals surface area contributed by atoms with Crippen LogP contribution in [0.2, 0.25) is 0 Å². The number of carbonyl (C=O) groups is 1. The molecule has 0 unspecified atom stereocenters. The van der Waals surface area contributed by atoms with Crippen LogP contribution in [0.25, 0.3) is 0 Å². The topological polar surface area (TPSA) is 105 Å². The van der Waals surface area contributed by atoms with Gasteiger partial charge >= 0.3 is 17.8 Å². The molecule has 3 heterocycles. The van der Waals surface area contributed by atoms with Crippen molar-refractivity contribution in [2.45, 2.75) is 13.1 Å². The van der Waals surface area contributed by atoms with Gasteiger partial charge in [0.15, 0.2) is 11.5 Å². The first-order valence-corrected chi connectivity index (χ1v) is 10.8. The molecule has 10 heteroatoms. The molecule has 33 heavy (non-hydrogen) atoms. The Morgan fingerprint density at radius 2 is 1.67 bits per heavy atom. The van der Waals surface area contributed by atoms with E-state index in [1.165, 1.54) is 0 Å². The molecule has 2 aliphatic rings. The minimum atomic E-state index is -0.434. The van der Waals surface area contributed by atoms with E-state index in [2.05, 4.69) is 25.7 Å². The van der Waals surface area contributed by atoms with Gasteiger partial charge in [0.25, 0.3) is 0 Å². The van der Waals surface area contributed by atoms with E-state index in [9.17, 15) is 4.79 Å². The van der Waals surface area contributed by atoms with Gasteiger partial charge in [-0.1, -0.05) is 17.2 Å². The minimum Gasteiger partial charge on any atom is -0.493 e. The lowest BCUT2D eigenvalue weighted by atomic mass is 10.1. The molecule has 1 amide bonds. The Morgan fingerprint density at radius 1 is 1.00 bits per heavy atom. The minimum absolute atomic E-state index is 0.0776. The number of hydrogen-bond donors (Lipinski definition) is 2. The van der Waals surface area contributed by atoms with E-state index < -0.39 is 5.91 Å². The third-order valence-electron chi connectivity index (χ3n) is 5.92. The van der Waals surface area contributed by atoms with E-state index in [1.54, 1.807) is 14.2 Å². The number of amides is 1. The van der Waals surface area contributed by atoms with E-state index in [-0.39, 0.29) is 5.89 Å². The molecule has 0 spiro atoms. The lowest BCUT2D eigenvalue weighted by Crippen LogP contribution is -2.43. The normalized spacial score (nSPS) is 15.3. The molecule has 0 bridgehead atoms. The van der Waals surface area contributed by atoms with Gasteiger partial charge in [-0.3, -0.25) is 4.79 Å². The summed E-state index contributed by atoms with van der Waals surface area (Å²) in [4.78, 5) is 17.0. The van der Waals surface area contributed by atoms with E-state index >= 15 is 0 Å². The summed E-state index contributed by atoms with van der Waals surface area (Å²) in [6, 6.07) is 11.9. The Hall–Kier alpha value is -3.79. The van der Waals surface area contributed by atoms with Crippen LogP contribution >= 0.6 is 0 Å². The maximum atomic E-state index is 12.9. The Kier molecular flexibility index (Phi) is 5.74. The number of aromatic nitrogens is 2. The number of piperazine rings is 1. The second-order valence-electron chi connectivity index (χ2n) is 7.93. The molecular formula is C23H26N6O4. The van der Waals surface area contributed by atoms with Gasteiger partial charge in [-0.05, 0) is 35.4 Å². The van der Waals surface area contributed by atoms with Gasteiger partial charge in [0, 0.05) is 39.3 Å². The number of rotatable bonds is 6. The fraction of sp³-hybridized carbons (Fsp3) is 0.348. The monoisotopic (exact) mass is 450 g/mol. The van der Waals surface area contributed by atoms with Crippen molar-refractivity contribution in [3.8, 4) is 11.5 Å². The van der Waals surface area contributed by atoms with Crippen LogP contribution < -0.4 is 29.9 Å². The molecule has 1 fully saturated rings. The number of fused-ring (bicyclic) bond motifs is 1. The van der Waals surface area contributed by atoms with Gasteiger partial charge in [-0.2, -0.15) is 0 Å². The van der Waals surface area contributed by atoms with Crippen LogP contribution in [-0.4, -0.2) is 56.5 Å². The van der Waals surface area contributed by atoms with E-state index in [0.717, 1.165) is 48.7 Å². The highest BCUT2D eigenvalue weighted by molar-refractivity contribution is 6.03. The predicted octanol–water partition coefficient (Wildman–Crippen LogP) is 2.27. The summed E-state index contributed by atoms with van der Waals surface area (Å²) in [5.41, 5.74) is 3.87. The Balaban J connectivity index is 1.30. The SMILES string of the molecule is COc1cc2c(cc1OC)CN(c1nnc(C(=O)Nc3ccccc3N3CCNCC3)o1)C2. The Bertz CT molecular complexity index is 1120. The fourth-order valence-electron chi connectivity index (χ4n) is 4.23. The number of benzene rings is 2. The second kappa shape index (κ2) is 8.99. The van der Waals surface area contributed by atoms with Crippen molar-refractivity contribution in [1.29, 1.82) is 0 Å². The number of ether oxygens (including phenoxy) is 2. The van der Waals surface area contributed by atoms with Crippen molar-refractivity contribution in [2.75, 3.05) is 55.5 Å². The summed E-state index contributed by atoms with van der Waals surface area (Å²) in [5.74, 6) is 0.835. The first kappa shape index (κ1) is 21.1. The van der Waals surface area contributed by atoms with Crippen molar-refractivity contribution in [1.82, 2.24) is 15.5 Å². The highest BCUT2D eigenvalue weighted by atomic mass is 16.5. The molecule has 172 valence electrons. The molecule has 1 aromatic heterocycles. The van der Waals surface area contributed by atoms with Crippen LogP contribution in [0.4, 0.5) is 17.4 Å². The number of para-hydroxylation sites is 2. The molecule has 1 saturated heterocycles. The summed E-state index contributed by atoms with van der Waals surface area (Å²) in [6.45, 7) is 4.72. The smallest absolute Gasteiger partial charge is 0.319 e.